The fourth-order valence-electron chi connectivity index (χ4n) is 0.350. The van der Waals surface area contributed by atoms with Crippen molar-refractivity contribution in [3.8, 4) is 0 Å². The molecule has 0 rings (SSSR count). The summed E-state index contributed by atoms with van der Waals surface area (Å²) in [6, 6.07) is 0. The highest BCUT2D eigenvalue weighted by Crippen LogP contribution is 2.14. The average molecular weight is 181 g/mol. The van der Waals surface area contributed by atoms with Gasteiger partial charge in [0.25, 0.3) is 0 Å². The second kappa shape index (κ2) is 7.08. The lowest BCUT2D eigenvalue weighted by Crippen LogP contribution is -2.25. The highest BCUT2D eigenvalue weighted by molar-refractivity contribution is 8.76. The van der Waals surface area contributed by atoms with Gasteiger partial charge in [-0.3, -0.25) is 0 Å². The number of hydrogen-bond acceptors (Lipinski definition) is 4. The lowest BCUT2D eigenvalue weighted by Gasteiger charge is -2.00. The molecule has 0 fully saturated rings. The van der Waals surface area contributed by atoms with Crippen molar-refractivity contribution in [1.29, 1.82) is 0 Å². The molecule has 0 heterocycles. The van der Waals surface area contributed by atoms with E-state index in [1.165, 1.54) is 7.11 Å². The molecule has 3 nitrogen and oxygen atoms in total. The first-order valence-corrected chi connectivity index (χ1v) is 5.51. The summed E-state index contributed by atoms with van der Waals surface area (Å²) in [6.45, 7) is 0.665. The molecule has 0 aromatic heterocycles. The molecule has 0 atom stereocenters. The van der Waals surface area contributed by atoms with Crippen LogP contribution >= 0.6 is 21.6 Å². The van der Waals surface area contributed by atoms with E-state index in [1.54, 1.807) is 21.6 Å². The van der Waals surface area contributed by atoms with Crippen LogP contribution in [0.3, 0.4) is 0 Å². The van der Waals surface area contributed by atoms with Crippen molar-refractivity contribution in [2.24, 2.45) is 0 Å². The van der Waals surface area contributed by atoms with E-state index in [-0.39, 0.29) is 6.09 Å². The smallest absolute Gasteiger partial charge is 0.406 e. The van der Waals surface area contributed by atoms with Crippen molar-refractivity contribution in [1.82, 2.24) is 5.32 Å². The lowest BCUT2D eigenvalue weighted by molar-refractivity contribution is 0.172. The fourth-order valence-corrected chi connectivity index (χ4v) is 1.45. The van der Waals surface area contributed by atoms with Gasteiger partial charge in [-0.05, 0) is 6.26 Å². The van der Waals surface area contributed by atoms with Gasteiger partial charge in [-0.15, -0.1) is 0 Å². The van der Waals surface area contributed by atoms with Gasteiger partial charge in [-0.1, -0.05) is 21.6 Å². The minimum absolute atomic E-state index is 0.360. The third-order valence-corrected chi connectivity index (χ3v) is 2.57. The van der Waals surface area contributed by atoms with Gasteiger partial charge in [0.15, 0.2) is 0 Å². The minimum Gasteiger partial charge on any atom is -0.453 e. The highest BCUT2D eigenvalue weighted by Gasteiger charge is 1.94. The van der Waals surface area contributed by atoms with E-state index in [0.717, 1.165) is 5.75 Å². The van der Waals surface area contributed by atoms with E-state index in [2.05, 4.69) is 10.1 Å². The van der Waals surface area contributed by atoms with E-state index in [1.807, 2.05) is 6.26 Å². The molecule has 1 N–H and O–H groups in total. The van der Waals surface area contributed by atoms with Crippen LogP contribution in [-0.4, -0.2) is 31.8 Å². The Morgan fingerprint density at radius 3 is 2.90 bits per heavy atom. The van der Waals surface area contributed by atoms with Gasteiger partial charge in [-0.25, -0.2) is 4.79 Å². The highest BCUT2D eigenvalue weighted by atomic mass is 33.1. The summed E-state index contributed by atoms with van der Waals surface area (Å²) in [5.74, 6) is 0.913. The van der Waals surface area contributed by atoms with Gasteiger partial charge in [0.05, 0.1) is 7.11 Å². The molecular weight excluding hydrogens is 170 g/mol. The molecule has 0 saturated heterocycles. The number of carbonyl (C=O) groups excluding carboxylic acids is 1. The molecule has 0 bridgehead atoms. The van der Waals surface area contributed by atoms with Crippen LogP contribution in [0.5, 0.6) is 0 Å². The first-order chi connectivity index (χ1) is 4.81. The second-order valence-corrected chi connectivity index (χ2v) is 4.09. The zero-order chi connectivity index (χ0) is 7.82. The summed E-state index contributed by atoms with van der Waals surface area (Å²) in [6.07, 6.45) is 1.64. The van der Waals surface area contributed by atoms with E-state index < -0.39 is 0 Å². The molecule has 1 amide bonds. The predicted molar refractivity (Wildman–Crippen MR) is 46.4 cm³/mol. The maximum Gasteiger partial charge on any atom is 0.406 e. The molecule has 60 valence electrons. The third kappa shape index (κ3) is 6.10. The van der Waals surface area contributed by atoms with Crippen LogP contribution in [0.1, 0.15) is 0 Å². The van der Waals surface area contributed by atoms with Crippen molar-refractivity contribution in [3.63, 3.8) is 0 Å². The molecule has 0 spiro atoms. The van der Waals surface area contributed by atoms with Gasteiger partial charge in [0.2, 0.25) is 0 Å². The van der Waals surface area contributed by atoms with Crippen LogP contribution in [0.2, 0.25) is 0 Å². The maximum absolute atomic E-state index is 10.4. The molecule has 0 radical (unpaired) electrons. The molecule has 0 aliphatic heterocycles. The number of alkyl carbamates (subject to hydrolysis) is 1. The van der Waals surface area contributed by atoms with E-state index in [4.69, 9.17) is 0 Å². The SMILES string of the molecule is COC(=O)NCCSSC. The number of hydrogen-bond donors (Lipinski definition) is 1. The van der Waals surface area contributed by atoms with Crippen LogP contribution in [0.15, 0.2) is 0 Å². The molecule has 0 aromatic carbocycles. The van der Waals surface area contributed by atoms with Crippen LogP contribution in [-0.2, 0) is 4.74 Å². The standard InChI is InChI=1S/C5H11NO2S2/c1-8-5(7)6-3-4-10-9-2/h3-4H2,1-2H3,(H,6,7). The Morgan fingerprint density at radius 2 is 2.40 bits per heavy atom. The Kier molecular flexibility index (Phi) is 7.06. The van der Waals surface area contributed by atoms with Crippen molar-refractivity contribution in [3.05, 3.63) is 0 Å². The van der Waals surface area contributed by atoms with Gasteiger partial charge in [0.1, 0.15) is 0 Å². The summed E-state index contributed by atoms with van der Waals surface area (Å²) in [7, 11) is 4.75. The Bertz CT molecular complexity index is 99.6. The van der Waals surface area contributed by atoms with Crippen molar-refractivity contribution in [2.75, 3.05) is 25.7 Å². The third-order valence-electron chi connectivity index (χ3n) is 0.758. The Labute approximate surface area is 68.7 Å². The van der Waals surface area contributed by atoms with Crippen LogP contribution in [0.4, 0.5) is 4.79 Å². The Hall–Kier alpha value is -0.0300. The fraction of sp³-hybridized carbons (Fsp3) is 0.800. The summed E-state index contributed by atoms with van der Waals surface area (Å²) in [5.41, 5.74) is 0. The monoisotopic (exact) mass is 181 g/mol. The number of methoxy groups -OCH3 is 1. The minimum atomic E-state index is -0.360. The average Bonchev–Trinajstić information content (AvgIpc) is 1.98. The zero-order valence-corrected chi connectivity index (χ0v) is 7.68. The van der Waals surface area contributed by atoms with Gasteiger partial charge >= 0.3 is 6.09 Å². The van der Waals surface area contributed by atoms with E-state index in [9.17, 15) is 4.79 Å². The van der Waals surface area contributed by atoms with E-state index in [0.29, 0.717) is 6.54 Å². The number of rotatable bonds is 4. The first kappa shape index (κ1) is 9.97. The molecule has 10 heavy (non-hydrogen) atoms. The normalized spacial score (nSPS) is 9.00. The zero-order valence-electron chi connectivity index (χ0n) is 6.05. The number of amides is 1. The maximum atomic E-state index is 10.4. The quantitative estimate of drug-likeness (QED) is 0.525. The largest absolute Gasteiger partial charge is 0.453 e. The molecule has 0 unspecified atom stereocenters. The van der Waals surface area contributed by atoms with Crippen LogP contribution in [0.25, 0.3) is 0 Å². The van der Waals surface area contributed by atoms with Crippen LogP contribution in [0, 0.1) is 0 Å². The van der Waals surface area contributed by atoms with Gasteiger partial charge in [-0.2, -0.15) is 0 Å². The predicted octanol–water partition coefficient (Wildman–Crippen LogP) is 1.35. The lowest BCUT2D eigenvalue weighted by atomic mass is 10.7. The molecular formula is C5H11NO2S2. The number of nitrogens with one attached hydrogen (secondary N) is 1. The topological polar surface area (TPSA) is 38.3 Å². The van der Waals surface area contributed by atoms with Crippen molar-refractivity contribution >= 4 is 27.7 Å². The summed E-state index contributed by atoms with van der Waals surface area (Å²) in [5, 5.41) is 2.57. The van der Waals surface area contributed by atoms with E-state index >= 15 is 0 Å². The molecule has 5 heteroatoms. The summed E-state index contributed by atoms with van der Waals surface area (Å²) >= 11 is 0. The molecule has 0 aliphatic rings. The molecule has 0 saturated carbocycles. The Balaban J connectivity index is 2.96. The summed E-state index contributed by atoms with van der Waals surface area (Å²) in [4.78, 5) is 10.4. The van der Waals surface area contributed by atoms with Gasteiger partial charge in [0, 0.05) is 12.3 Å². The van der Waals surface area contributed by atoms with Gasteiger partial charge < -0.3 is 10.1 Å². The number of carbonyl (C=O) groups is 1. The second-order valence-electron chi connectivity index (χ2n) is 1.41. The van der Waals surface area contributed by atoms with Crippen molar-refractivity contribution in [2.45, 2.75) is 0 Å². The molecule has 0 aromatic rings. The first-order valence-electron chi connectivity index (χ1n) is 2.78. The van der Waals surface area contributed by atoms with Crippen molar-refractivity contribution < 1.29 is 9.53 Å². The summed E-state index contributed by atoms with van der Waals surface area (Å²) < 4.78 is 4.36. The number of ether oxygens (including phenoxy) is 1. The molecule has 0 aliphatic carbocycles. The van der Waals surface area contributed by atoms with Crippen LogP contribution < -0.4 is 5.32 Å². The Morgan fingerprint density at radius 1 is 1.70 bits per heavy atom.